The van der Waals surface area contributed by atoms with Crippen molar-refractivity contribution >= 4 is 5.91 Å². The molecule has 0 aromatic carbocycles. The monoisotopic (exact) mass is 348 g/mol. The lowest BCUT2D eigenvalue weighted by atomic mass is 9.87. The first-order chi connectivity index (χ1) is 11.9. The van der Waals surface area contributed by atoms with Crippen LogP contribution in [-0.4, -0.2) is 58.4 Å². The second-order valence-electron chi connectivity index (χ2n) is 7.68. The molecule has 1 aliphatic heterocycles. The normalized spacial score (nSPS) is 27.4. The number of amides is 1. The van der Waals surface area contributed by atoms with Crippen LogP contribution in [0.5, 0.6) is 0 Å². The van der Waals surface area contributed by atoms with Crippen molar-refractivity contribution in [2.24, 2.45) is 5.92 Å². The van der Waals surface area contributed by atoms with E-state index in [1.165, 1.54) is 18.9 Å². The van der Waals surface area contributed by atoms with Crippen LogP contribution < -0.4 is 11.2 Å². The van der Waals surface area contributed by atoms with Crippen LogP contribution >= 0.6 is 0 Å². The van der Waals surface area contributed by atoms with Crippen LogP contribution in [0.3, 0.4) is 0 Å². The predicted octanol–water partition coefficient (Wildman–Crippen LogP) is 0.890. The highest BCUT2D eigenvalue weighted by Crippen LogP contribution is 2.27. The van der Waals surface area contributed by atoms with Crippen molar-refractivity contribution in [1.82, 2.24) is 19.8 Å². The van der Waals surface area contributed by atoms with E-state index in [9.17, 15) is 14.4 Å². The van der Waals surface area contributed by atoms with Crippen molar-refractivity contribution in [1.29, 1.82) is 0 Å². The lowest BCUT2D eigenvalue weighted by Crippen LogP contribution is -2.44. The molecular formula is C18H28N4O3. The zero-order valence-corrected chi connectivity index (χ0v) is 15.1. The van der Waals surface area contributed by atoms with Crippen molar-refractivity contribution in [3.8, 4) is 0 Å². The smallest absolute Gasteiger partial charge is 0.325 e. The number of rotatable bonds is 4. The Morgan fingerprint density at radius 1 is 1.20 bits per heavy atom. The minimum atomic E-state index is -0.469. The first-order valence-electron chi connectivity index (χ1n) is 9.24. The molecule has 138 valence electrons. The summed E-state index contributed by atoms with van der Waals surface area (Å²) in [6.45, 7) is 4.19. The van der Waals surface area contributed by atoms with E-state index >= 15 is 0 Å². The van der Waals surface area contributed by atoms with Gasteiger partial charge in [-0.2, -0.15) is 0 Å². The summed E-state index contributed by atoms with van der Waals surface area (Å²) < 4.78 is 0. The fourth-order valence-corrected chi connectivity index (χ4v) is 4.07. The van der Waals surface area contributed by atoms with Gasteiger partial charge in [-0.25, -0.2) is 4.79 Å². The average molecular weight is 348 g/mol. The van der Waals surface area contributed by atoms with E-state index in [0.29, 0.717) is 24.8 Å². The summed E-state index contributed by atoms with van der Waals surface area (Å²) in [5.41, 5.74) is -0.179. The molecule has 0 bridgehead atoms. The van der Waals surface area contributed by atoms with Gasteiger partial charge in [-0.05, 0) is 44.6 Å². The Hall–Kier alpha value is -1.89. The highest BCUT2D eigenvalue weighted by molar-refractivity contribution is 5.78. The van der Waals surface area contributed by atoms with Gasteiger partial charge in [0.15, 0.2) is 0 Å². The fourth-order valence-electron chi connectivity index (χ4n) is 4.07. The van der Waals surface area contributed by atoms with Gasteiger partial charge in [-0.1, -0.05) is 6.92 Å². The van der Waals surface area contributed by atoms with E-state index in [0.717, 1.165) is 31.7 Å². The molecule has 3 rings (SSSR count). The minimum absolute atomic E-state index is 0.101. The lowest BCUT2D eigenvalue weighted by Gasteiger charge is -2.34. The highest BCUT2D eigenvalue weighted by Gasteiger charge is 2.29. The zero-order valence-electron chi connectivity index (χ0n) is 15.1. The second kappa shape index (κ2) is 7.56. The quantitative estimate of drug-likeness (QED) is 0.846. The first-order valence-corrected chi connectivity index (χ1v) is 9.24. The molecule has 1 saturated heterocycles. The lowest BCUT2D eigenvalue weighted by molar-refractivity contribution is -0.133. The van der Waals surface area contributed by atoms with Crippen LogP contribution in [0.25, 0.3) is 0 Å². The van der Waals surface area contributed by atoms with Gasteiger partial charge in [0.05, 0.1) is 6.54 Å². The topological polar surface area (TPSA) is 89.3 Å². The van der Waals surface area contributed by atoms with Gasteiger partial charge in [0, 0.05) is 37.3 Å². The third-order valence-corrected chi connectivity index (χ3v) is 5.78. The van der Waals surface area contributed by atoms with E-state index < -0.39 is 5.69 Å². The van der Waals surface area contributed by atoms with Crippen LogP contribution in [0.2, 0.25) is 0 Å². The Bertz CT molecular complexity index is 689. The highest BCUT2D eigenvalue weighted by atomic mass is 16.2. The fraction of sp³-hybridized carbons (Fsp3) is 0.722. The van der Waals surface area contributed by atoms with Gasteiger partial charge >= 0.3 is 5.69 Å². The third kappa shape index (κ3) is 4.39. The molecule has 1 aromatic heterocycles. The van der Waals surface area contributed by atoms with Crippen LogP contribution in [0.1, 0.15) is 50.6 Å². The second-order valence-corrected chi connectivity index (χ2v) is 7.68. The number of H-pyrrole nitrogens is 2. The van der Waals surface area contributed by atoms with Gasteiger partial charge in [0.1, 0.15) is 0 Å². The summed E-state index contributed by atoms with van der Waals surface area (Å²) in [5.74, 6) is 1.04. The number of aromatic amines is 2. The molecule has 1 atom stereocenters. The molecule has 25 heavy (non-hydrogen) atoms. The number of nitrogens with one attached hydrogen (secondary N) is 2. The largest absolute Gasteiger partial charge is 0.342 e. The maximum absolute atomic E-state index is 12.6. The maximum atomic E-state index is 12.6. The molecule has 2 fully saturated rings. The number of nitrogens with zero attached hydrogens (tertiary/aromatic N) is 2. The minimum Gasteiger partial charge on any atom is -0.342 e. The summed E-state index contributed by atoms with van der Waals surface area (Å²) in [6.07, 6.45) is 5.44. The van der Waals surface area contributed by atoms with Crippen LogP contribution in [0.15, 0.2) is 15.7 Å². The van der Waals surface area contributed by atoms with Crippen molar-refractivity contribution in [3.63, 3.8) is 0 Å². The van der Waals surface area contributed by atoms with Gasteiger partial charge in [0.25, 0.3) is 5.56 Å². The summed E-state index contributed by atoms with van der Waals surface area (Å²) in [4.78, 5) is 44.4. The number of likely N-dealkylation sites (tertiary alicyclic amines) is 1. The standard InChI is InChI=1S/C18H28N4O3/c1-12-3-5-14(6-4-12)21(2)17(24)11-22-8-7-13(10-22)15-9-16(23)20-18(25)19-15/h9,12-14H,3-8,10-11H2,1-2H3,(H2,19,20,23,25). The number of likely N-dealkylation sites (N-methyl/N-ethyl adjacent to an activating group) is 1. The van der Waals surface area contributed by atoms with E-state index in [1.807, 2.05) is 11.9 Å². The molecule has 2 aliphatic rings. The molecule has 2 heterocycles. The van der Waals surface area contributed by atoms with Crippen LogP contribution in [-0.2, 0) is 4.79 Å². The van der Waals surface area contributed by atoms with E-state index in [-0.39, 0.29) is 17.4 Å². The molecule has 0 radical (unpaired) electrons. The summed E-state index contributed by atoms with van der Waals surface area (Å²) in [7, 11) is 1.92. The van der Waals surface area contributed by atoms with Crippen LogP contribution in [0, 0.1) is 5.92 Å². The summed E-state index contributed by atoms with van der Waals surface area (Å²) >= 11 is 0. The van der Waals surface area contributed by atoms with Gasteiger partial charge < -0.3 is 9.88 Å². The Morgan fingerprint density at radius 2 is 1.92 bits per heavy atom. The van der Waals surface area contributed by atoms with E-state index in [4.69, 9.17) is 0 Å². The van der Waals surface area contributed by atoms with E-state index in [1.54, 1.807) is 0 Å². The molecule has 0 spiro atoms. The Kier molecular flexibility index (Phi) is 5.42. The molecule has 1 amide bonds. The Balaban J connectivity index is 1.54. The van der Waals surface area contributed by atoms with Gasteiger partial charge in [0.2, 0.25) is 5.91 Å². The first kappa shape index (κ1) is 17.9. The van der Waals surface area contributed by atoms with Gasteiger partial charge in [-0.3, -0.25) is 19.5 Å². The van der Waals surface area contributed by atoms with Gasteiger partial charge in [-0.15, -0.1) is 0 Å². The number of aromatic nitrogens is 2. The van der Waals surface area contributed by atoms with Crippen molar-refractivity contribution < 1.29 is 4.79 Å². The molecule has 1 aromatic rings. The molecule has 1 saturated carbocycles. The van der Waals surface area contributed by atoms with Crippen molar-refractivity contribution in [2.75, 3.05) is 26.7 Å². The summed E-state index contributed by atoms with van der Waals surface area (Å²) in [5, 5.41) is 0. The third-order valence-electron chi connectivity index (χ3n) is 5.78. The molecule has 7 nitrogen and oxygen atoms in total. The molecule has 1 unspecified atom stereocenters. The molecular weight excluding hydrogens is 320 g/mol. The Morgan fingerprint density at radius 3 is 2.60 bits per heavy atom. The van der Waals surface area contributed by atoms with Crippen molar-refractivity contribution in [3.05, 3.63) is 32.6 Å². The molecule has 1 aliphatic carbocycles. The molecule has 2 N–H and O–H groups in total. The molecule has 7 heteroatoms. The number of carbonyl (C=O) groups excluding carboxylic acids is 1. The zero-order chi connectivity index (χ0) is 18.0. The summed E-state index contributed by atoms with van der Waals surface area (Å²) in [6, 6.07) is 1.82. The SMILES string of the molecule is CC1CCC(N(C)C(=O)CN2CCC(c3cc(=O)[nH]c(=O)[nH]3)C2)CC1. The van der Waals surface area contributed by atoms with Crippen molar-refractivity contribution in [2.45, 2.75) is 51.0 Å². The Labute approximate surface area is 147 Å². The average Bonchev–Trinajstić information content (AvgIpc) is 3.02. The number of carbonyl (C=O) groups is 1. The van der Waals surface area contributed by atoms with Crippen LogP contribution in [0.4, 0.5) is 0 Å². The van der Waals surface area contributed by atoms with E-state index in [2.05, 4.69) is 21.8 Å². The number of hydrogen-bond donors (Lipinski definition) is 2. The predicted molar refractivity (Wildman–Crippen MR) is 95.7 cm³/mol. The number of hydrogen-bond acceptors (Lipinski definition) is 4. The maximum Gasteiger partial charge on any atom is 0.325 e.